The van der Waals surface area contributed by atoms with E-state index in [1.165, 1.54) is 0 Å². The molecule has 1 heterocycles. The van der Waals surface area contributed by atoms with Crippen LogP contribution in [0.1, 0.15) is 35.0 Å². The van der Waals surface area contributed by atoms with Gasteiger partial charge in [-0.1, -0.05) is 37.3 Å². The van der Waals surface area contributed by atoms with Gasteiger partial charge in [-0.05, 0) is 5.56 Å². The lowest BCUT2D eigenvalue weighted by Crippen LogP contribution is -2.31. The van der Waals surface area contributed by atoms with E-state index < -0.39 is 11.9 Å². The van der Waals surface area contributed by atoms with E-state index in [4.69, 9.17) is 0 Å². The molecule has 0 aliphatic heterocycles. The molecule has 1 atom stereocenters. The maximum absolute atomic E-state index is 11.9. The molecule has 0 saturated carbocycles. The Labute approximate surface area is 110 Å². The first-order valence-electron chi connectivity index (χ1n) is 6.12. The van der Waals surface area contributed by atoms with Crippen LogP contribution in [0.4, 0.5) is 0 Å². The number of aromatic amines is 1. The molecular formula is C13H16N4O2. The molecular weight excluding hydrogens is 244 g/mol. The average molecular weight is 260 g/mol. The Morgan fingerprint density at radius 1 is 1.42 bits per heavy atom. The van der Waals surface area contributed by atoms with Crippen LogP contribution in [0.2, 0.25) is 0 Å². The van der Waals surface area contributed by atoms with Gasteiger partial charge in [-0.15, -0.1) is 5.10 Å². The lowest BCUT2D eigenvalue weighted by molar-refractivity contribution is 0.0906. The summed E-state index contributed by atoms with van der Waals surface area (Å²) in [5.74, 6) is 0.343. The maximum atomic E-state index is 11.9. The first-order valence-corrected chi connectivity index (χ1v) is 6.12. The van der Waals surface area contributed by atoms with E-state index in [1.807, 2.05) is 37.3 Å². The van der Waals surface area contributed by atoms with E-state index in [-0.39, 0.29) is 12.4 Å². The largest absolute Gasteiger partial charge is 0.394 e. The zero-order chi connectivity index (χ0) is 13.7. The van der Waals surface area contributed by atoms with Crippen LogP contribution in [0.25, 0.3) is 0 Å². The molecule has 0 unspecified atom stereocenters. The number of amides is 1. The molecule has 0 aliphatic rings. The fourth-order valence-electron chi connectivity index (χ4n) is 1.70. The molecule has 2 rings (SSSR count). The van der Waals surface area contributed by atoms with E-state index >= 15 is 0 Å². The van der Waals surface area contributed by atoms with E-state index in [0.717, 1.165) is 5.56 Å². The van der Waals surface area contributed by atoms with E-state index in [1.54, 1.807) is 0 Å². The van der Waals surface area contributed by atoms with Gasteiger partial charge in [-0.3, -0.25) is 9.89 Å². The fraction of sp³-hybridized carbons (Fsp3) is 0.308. The summed E-state index contributed by atoms with van der Waals surface area (Å²) >= 11 is 0. The Morgan fingerprint density at radius 3 is 2.74 bits per heavy atom. The molecule has 6 nitrogen and oxygen atoms in total. The van der Waals surface area contributed by atoms with Gasteiger partial charge in [-0.2, -0.15) is 0 Å². The van der Waals surface area contributed by atoms with Crippen molar-refractivity contribution in [1.29, 1.82) is 0 Å². The number of hydrogen-bond donors (Lipinski definition) is 3. The third kappa shape index (κ3) is 3.17. The minimum atomic E-state index is -0.461. The summed E-state index contributed by atoms with van der Waals surface area (Å²) in [6.45, 7) is 1.74. The molecule has 100 valence electrons. The normalized spacial score (nSPS) is 12.1. The number of carbonyl (C=O) groups excluding carboxylic acids is 1. The number of H-pyrrole nitrogens is 1. The van der Waals surface area contributed by atoms with Crippen LogP contribution in [0.3, 0.4) is 0 Å². The van der Waals surface area contributed by atoms with Gasteiger partial charge in [-0.25, -0.2) is 4.98 Å². The highest BCUT2D eigenvalue weighted by molar-refractivity contribution is 5.90. The van der Waals surface area contributed by atoms with Crippen LogP contribution < -0.4 is 5.32 Å². The number of nitrogens with one attached hydrogen (secondary N) is 2. The van der Waals surface area contributed by atoms with Crippen molar-refractivity contribution in [2.45, 2.75) is 19.4 Å². The molecule has 0 spiro atoms. The van der Waals surface area contributed by atoms with Crippen LogP contribution in [-0.2, 0) is 6.42 Å². The zero-order valence-corrected chi connectivity index (χ0v) is 10.6. The molecule has 0 radical (unpaired) electrons. The van der Waals surface area contributed by atoms with Crippen LogP contribution in [0.15, 0.2) is 30.3 Å². The number of carbonyl (C=O) groups is 1. The highest BCUT2D eigenvalue weighted by atomic mass is 16.3. The fourth-order valence-corrected chi connectivity index (χ4v) is 1.70. The molecule has 0 saturated heterocycles. The molecule has 0 bridgehead atoms. The molecule has 6 heteroatoms. The van der Waals surface area contributed by atoms with Crippen LogP contribution in [0, 0.1) is 0 Å². The van der Waals surface area contributed by atoms with Crippen molar-refractivity contribution in [1.82, 2.24) is 20.5 Å². The Hall–Kier alpha value is -2.21. The predicted octanol–water partition coefficient (Wildman–Crippen LogP) is 0.831. The second-order valence-electron chi connectivity index (χ2n) is 4.08. The summed E-state index contributed by atoms with van der Waals surface area (Å²) in [5, 5.41) is 18.6. The minimum Gasteiger partial charge on any atom is -0.394 e. The summed E-state index contributed by atoms with van der Waals surface area (Å²) in [6.07, 6.45) is 0.683. The highest BCUT2D eigenvalue weighted by Crippen LogP contribution is 2.12. The first-order chi connectivity index (χ1) is 9.24. The standard InChI is InChI=1S/C13H16N4O2/c1-2-11-15-12(17-16-11)13(19)14-10(8-18)9-6-4-3-5-7-9/h3-7,10,18H,2,8H2,1H3,(H,14,19)(H,15,16,17)/t10-/m1/s1. The third-order valence-corrected chi connectivity index (χ3v) is 2.76. The molecule has 0 aliphatic carbocycles. The van der Waals surface area contributed by atoms with E-state index in [9.17, 15) is 9.90 Å². The number of aromatic nitrogens is 3. The minimum absolute atomic E-state index is 0.0891. The monoisotopic (exact) mass is 260 g/mol. The summed E-state index contributed by atoms with van der Waals surface area (Å²) in [7, 11) is 0. The Bertz CT molecular complexity index is 539. The zero-order valence-electron chi connectivity index (χ0n) is 10.6. The molecule has 1 aromatic carbocycles. The molecule has 2 aromatic rings. The topological polar surface area (TPSA) is 90.9 Å². The van der Waals surface area contributed by atoms with Crippen LogP contribution in [0.5, 0.6) is 0 Å². The van der Waals surface area contributed by atoms with Crippen molar-refractivity contribution in [3.05, 3.63) is 47.5 Å². The van der Waals surface area contributed by atoms with Gasteiger partial charge in [0, 0.05) is 6.42 Å². The number of benzene rings is 1. The number of nitrogens with zero attached hydrogens (tertiary/aromatic N) is 2. The molecule has 1 aromatic heterocycles. The lowest BCUT2D eigenvalue weighted by atomic mass is 10.1. The smallest absolute Gasteiger partial charge is 0.291 e. The van der Waals surface area contributed by atoms with Gasteiger partial charge in [0.05, 0.1) is 12.6 Å². The second kappa shape index (κ2) is 6.10. The molecule has 3 N–H and O–H groups in total. The van der Waals surface area contributed by atoms with E-state index in [0.29, 0.717) is 12.2 Å². The Balaban J connectivity index is 2.08. The maximum Gasteiger partial charge on any atom is 0.291 e. The average Bonchev–Trinajstić information content (AvgIpc) is 2.94. The van der Waals surface area contributed by atoms with Crippen molar-refractivity contribution in [2.75, 3.05) is 6.61 Å². The number of aliphatic hydroxyl groups is 1. The Kier molecular flexibility index (Phi) is 4.25. The van der Waals surface area contributed by atoms with Gasteiger partial charge >= 0.3 is 0 Å². The van der Waals surface area contributed by atoms with Gasteiger partial charge < -0.3 is 10.4 Å². The SMILES string of the molecule is CCc1nc(C(=O)N[C@H](CO)c2ccccc2)n[nH]1. The van der Waals surface area contributed by atoms with Gasteiger partial charge in [0.25, 0.3) is 5.91 Å². The second-order valence-corrected chi connectivity index (χ2v) is 4.08. The highest BCUT2D eigenvalue weighted by Gasteiger charge is 2.17. The van der Waals surface area contributed by atoms with Crippen molar-refractivity contribution in [3.8, 4) is 0 Å². The third-order valence-electron chi connectivity index (χ3n) is 2.76. The lowest BCUT2D eigenvalue weighted by Gasteiger charge is -2.15. The molecule has 0 fully saturated rings. The van der Waals surface area contributed by atoms with Crippen LogP contribution >= 0.6 is 0 Å². The summed E-state index contributed by atoms with van der Waals surface area (Å²) in [6, 6.07) is 8.81. The van der Waals surface area contributed by atoms with E-state index in [2.05, 4.69) is 20.5 Å². The van der Waals surface area contributed by atoms with Gasteiger partial charge in [0.1, 0.15) is 5.82 Å². The quantitative estimate of drug-likeness (QED) is 0.742. The van der Waals surface area contributed by atoms with Gasteiger partial charge in [0.15, 0.2) is 0 Å². The van der Waals surface area contributed by atoms with Crippen LogP contribution in [-0.4, -0.2) is 32.8 Å². The Morgan fingerprint density at radius 2 is 2.16 bits per heavy atom. The first kappa shape index (κ1) is 13.2. The molecule has 1 amide bonds. The van der Waals surface area contributed by atoms with Crippen molar-refractivity contribution in [3.63, 3.8) is 0 Å². The summed E-state index contributed by atoms with van der Waals surface area (Å²) in [5.41, 5.74) is 0.838. The van der Waals surface area contributed by atoms with Crippen molar-refractivity contribution >= 4 is 5.91 Å². The van der Waals surface area contributed by atoms with Crippen molar-refractivity contribution in [2.24, 2.45) is 0 Å². The number of aliphatic hydroxyl groups excluding tert-OH is 1. The van der Waals surface area contributed by atoms with Gasteiger partial charge in [0.2, 0.25) is 5.82 Å². The number of hydrogen-bond acceptors (Lipinski definition) is 4. The summed E-state index contributed by atoms with van der Waals surface area (Å²) < 4.78 is 0. The number of rotatable bonds is 5. The summed E-state index contributed by atoms with van der Waals surface area (Å²) in [4.78, 5) is 16.0. The molecule has 19 heavy (non-hydrogen) atoms. The van der Waals surface area contributed by atoms with Crippen molar-refractivity contribution < 1.29 is 9.90 Å². The predicted molar refractivity (Wildman–Crippen MR) is 69.5 cm³/mol. The number of aryl methyl sites for hydroxylation is 1.